The fourth-order valence-electron chi connectivity index (χ4n) is 2.33. The number of hydrogen-bond donors (Lipinski definition) is 2. The molecular formula is C22H17BrClN3O3. The molecule has 2 amide bonds. The van der Waals surface area contributed by atoms with Gasteiger partial charge < -0.3 is 10.1 Å². The van der Waals surface area contributed by atoms with Gasteiger partial charge in [0.25, 0.3) is 0 Å². The molecule has 0 radical (unpaired) electrons. The largest absolute Gasteiger partial charge is 0.489 e. The maximum Gasteiger partial charge on any atom is 0.329 e. The van der Waals surface area contributed by atoms with Gasteiger partial charge in [0.15, 0.2) is 0 Å². The minimum Gasteiger partial charge on any atom is -0.489 e. The molecule has 3 aromatic rings. The van der Waals surface area contributed by atoms with Gasteiger partial charge in [-0.25, -0.2) is 5.43 Å². The van der Waals surface area contributed by atoms with E-state index in [9.17, 15) is 9.59 Å². The predicted octanol–water partition coefficient (Wildman–Crippen LogP) is 4.77. The number of ether oxygens (including phenoxy) is 1. The first-order chi connectivity index (χ1) is 14.5. The first kappa shape index (κ1) is 21.5. The lowest BCUT2D eigenvalue weighted by atomic mass is 10.2. The molecule has 152 valence electrons. The summed E-state index contributed by atoms with van der Waals surface area (Å²) in [5.41, 5.74) is 4.45. The second-order valence-corrected chi connectivity index (χ2v) is 7.50. The Kier molecular flexibility index (Phi) is 7.59. The Balaban J connectivity index is 1.46. The van der Waals surface area contributed by atoms with Gasteiger partial charge in [0, 0.05) is 15.2 Å². The fraction of sp³-hybridized carbons (Fsp3) is 0.0455. The monoisotopic (exact) mass is 485 g/mol. The van der Waals surface area contributed by atoms with Gasteiger partial charge >= 0.3 is 11.8 Å². The smallest absolute Gasteiger partial charge is 0.329 e. The van der Waals surface area contributed by atoms with Crippen LogP contribution in [0.5, 0.6) is 5.75 Å². The number of hydrogen-bond acceptors (Lipinski definition) is 4. The van der Waals surface area contributed by atoms with Gasteiger partial charge in [-0.1, -0.05) is 39.7 Å². The van der Waals surface area contributed by atoms with E-state index in [1.165, 1.54) is 6.21 Å². The normalized spacial score (nSPS) is 10.6. The molecule has 3 rings (SSSR count). The van der Waals surface area contributed by atoms with Crippen LogP contribution in [-0.4, -0.2) is 18.0 Å². The van der Waals surface area contributed by atoms with Crippen molar-refractivity contribution >= 4 is 51.2 Å². The number of rotatable bonds is 6. The minimum atomic E-state index is -0.864. The van der Waals surface area contributed by atoms with Crippen LogP contribution in [0.15, 0.2) is 82.4 Å². The summed E-state index contributed by atoms with van der Waals surface area (Å²) in [5.74, 6) is -0.975. The van der Waals surface area contributed by atoms with Crippen LogP contribution in [0.25, 0.3) is 0 Å². The zero-order valence-electron chi connectivity index (χ0n) is 15.6. The zero-order chi connectivity index (χ0) is 21.3. The number of amides is 2. The van der Waals surface area contributed by atoms with Crippen molar-refractivity contribution in [2.75, 3.05) is 5.32 Å². The Bertz CT molecular complexity index is 1040. The Hall–Kier alpha value is -3.16. The molecule has 0 bridgehead atoms. The molecule has 0 aliphatic rings. The summed E-state index contributed by atoms with van der Waals surface area (Å²) in [6.07, 6.45) is 1.44. The molecule has 8 heteroatoms. The fourth-order valence-corrected chi connectivity index (χ4v) is 2.73. The molecule has 0 fully saturated rings. The number of benzene rings is 3. The van der Waals surface area contributed by atoms with Crippen molar-refractivity contribution in [2.24, 2.45) is 5.10 Å². The number of nitrogens with zero attached hydrogens (tertiary/aromatic N) is 1. The van der Waals surface area contributed by atoms with Crippen molar-refractivity contribution in [3.05, 3.63) is 93.4 Å². The number of carbonyl (C=O) groups is 2. The highest BCUT2D eigenvalue weighted by molar-refractivity contribution is 9.10. The van der Waals surface area contributed by atoms with Crippen LogP contribution < -0.4 is 15.5 Å². The Morgan fingerprint density at radius 1 is 0.933 bits per heavy atom. The van der Waals surface area contributed by atoms with Crippen LogP contribution in [0.3, 0.4) is 0 Å². The first-order valence-electron chi connectivity index (χ1n) is 8.87. The van der Waals surface area contributed by atoms with Crippen molar-refractivity contribution in [1.29, 1.82) is 0 Å². The lowest BCUT2D eigenvalue weighted by Gasteiger charge is -2.06. The van der Waals surface area contributed by atoms with E-state index < -0.39 is 11.8 Å². The molecule has 0 saturated carbocycles. The molecule has 0 spiro atoms. The van der Waals surface area contributed by atoms with E-state index >= 15 is 0 Å². The maximum absolute atomic E-state index is 11.9. The quantitative estimate of drug-likeness (QED) is 0.299. The number of anilines is 1. The average molecular weight is 487 g/mol. The van der Waals surface area contributed by atoms with Crippen molar-refractivity contribution in [3.8, 4) is 5.75 Å². The topological polar surface area (TPSA) is 79.8 Å². The van der Waals surface area contributed by atoms with Crippen LogP contribution in [0, 0.1) is 0 Å². The van der Waals surface area contributed by atoms with E-state index in [1.807, 2.05) is 24.3 Å². The van der Waals surface area contributed by atoms with E-state index in [4.69, 9.17) is 16.3 Å². The standard InChI is InChI=1S/C22H17BrClN3O3/c23-17-5-9-19(10-6-17)26-21(28)22(29)27-25-13-15-3-11-20(12-4-15)30-14-16-1-7-18(24)8-2-16/h1-13H,14H2,(H,26,28)(H,27,29)/b25-13+. The van der Waals surface area contributed by atoms with E-state index in [-0.39, 0.29) is 0 Å². The lowest BCUT2D eigenvalue weighted by Crippen LogP contribution is -2.32. The van der Waals surface area contributed by atoms with Crippen molar-refractivity contribution in [1.82, 2.24) is 5.43 Å². The molecule has 30 heavy (non-hydrogen) atoms. The predicted molar refractivity (Wildman–Crippen MR) is 121 cm³/mol. The zero-order valence-corrected chi connectivity index (χ0v) is 18.0. The molecule has 2 N–H and O–H groups in total. The molecule has 0 atom stereocenters. The molecule has 6 nitrogen and oxygen atoms in total. The Morgan fingerprint density at radius 3 is 2.27 bits per heavy atom. The highest BCUT2D eigenvalue weighted by atomic mass is 79.9. The highest BCUT2D eigenvalue weighted by Gasteiger charge is 2.12. The van der Waals surface area contributed by atoms with Crippen LogP contribution in [-0.2, 0) is 16.2 Å². The minimum absolute atomic E-state index is 0.425. The molecule has 0 unspecified atom stereocenters. The number of hydrazone groups is 1. The van der Waals surface area contributed by atoms with E-state index in [0.29, 0.717) is 23.1 Å². The molecule has 0 heterocycles. The average Bonchev–Trinajstić information content (AvgIpc) is 2.76. The second kappa shape index (κ2) is 10.6. The summed E-state index contributed by atoms with van der Waals surface area (Å²) in [7, 11) is 0. The molecule has 0 aliphatic carbocycles. The number of halogens is 2. The maximum atomic E-state index is 11.9. The molecule has 3 aromatic carbocycles. The van der Waals surface area contributed by atoms with Gasteiger partial charge in [0.05, 0.1) is 6.21 Å². The third kappa shape index (κ3) is 6.72. The van der Waals surface area contributed by atoms with Crippen molar-refractivity contribution in [2.45, 2.75) is 6.61 Å². The molecule has 0 aromatic heterocycles. The highest BCUT2D eigenvalue weighted by Crippen LogP contribution is 2.15. The van der Waals surface area contributed by atoms with Crippen LogP contribution in [0.2, 0.25) is 5.02 Å². The van der Waals surface area contributed by atoms with Gasteiger partial charge in [-0.2, -0.15) is 5.10 Å². The summed E-state index contributed by atoms with van der Waals surface area (Å²) in [5, 5.41) is 6.97. The van der Waals surface area contributed by atoms with Crippen molar-refractivity contribution < 1.29 is 14.3 Å². The SMILES string of the molecule is O=C(N/N=C/c1ccc(OCc2ccc(Cl)cc2)cc1)C(=O)Nc1ccc(Br)cc1. The summed E-state index contributed by atoms with van der Waals surface area (Å²) < 4.78 is 6.58. The Labute approximate surface area is 187 Å². The van der Waals surface area contributed by atoms with Crippen LogP contribution in [0.4, 0.5) is 5.69 Å². The number of carbonyl (C=O) groups excluding carboxylic acids is 2. The van der Waals surface area contributed by atoms with Crippen molar-refractivity contribution in [3.63, 3.8) is 0 Å². The molecule has 0 saturated heterocycles. The van der Waals surface area contributed by atoms with Gasteiger partial charge in [-0.15, -0.1) is 0 Å². The summed E-state index contributed by atoms with van der Waals surface area (Å²) in [4.78, 5) is 23.7. The van der Waals surface area contributed by atoms with Crippen LogP contribution >= 0.6 is 27.5 Å². The van der Waals surface area contributed by atoms with E-state index in [2.05, 4.69) is 31.8 Å². The second-order valence-electron chi connectivity index (χ2n) is 6.14. The van der Waals surface area contributed by atoms with E-state index in [1.54, 1.807) is 48.5 Å². The molecular weight excluding hydrogens is 470 g/mol. The number of nitrogens with one attached hydrogen (secondary N) is 2. The summed E-state index contributed by atoms with van der Waals surface area (Å²) >= 11 is 9.16. The van der Waals surface area contributed by atoms with Gasteiger partial charge in [-0.05, 0) is 71.8 Å². The lowest BCUT2D eigenvalue weighted by molar-refractivity contribution is -0.136. The van der Waals surface area contributed by atoms with Gasteiger partial charge in [0.2, 0.25) is 0 Å². The Morgan fingerprint density at radius 2 is 1.60 bits per heavy atom. The summed E-state index contributed by atoms with van der Waals surface area (Å²) in [6.45, 7) is 0.425. The van der Waals surface area contributed by atoms with E-state index in [0.717, 1.165) is 15.6 Å². The summed E-state index contributed by atoms with van der Waals surface area (Å²) in [6, 6.07) is 21.5. The third-order valence-electron chi connectivity index (χ3n) is 3.89. The van der Waals surface area contributed by atoms with Gasteiger partial charge in [-0.3, -0.25) is 9.59 Å². The third-order valence-corrected chi connectivity index (χ3v) is 4.67. The first-order valence-corrected chi connectivity index (χ1v) is 10.0. The van der Waals surface area contributed by atoms with Crippen LogP contribution in [0.1, 0.15) is 11.1 Å². The van der Waals surface area contributed by atoms with Gasteiger partial charge in [0.1, 0.15) is 12.4 Å². The molecule has 0 aliphatic heterocycles.